The third kappa shape index (κ3) is 4.94. The third-order valence-corrected chi connectivity index (χ3v) is 4.73. The van der Waals surface area contributed by atoms with Crippen LogP contribution in [0, 0.1) is 0 Å². The molecule has 0 unspecified atom stereocenters. The van der Waals surface area contributed by atoms with E-state index in [0.29, 0.717) is 18.1 Å². The first-order valence-electron chi connectivity index (χ1n) is 9.25. The highest BCUT2D eigenvalue weighted by Gasteiger charge is 2.16. The predicted octanol–water partition coefficient (Wildman–Crippen LogP) is 3.55. The average molecular weight is 354 g/mol. The fourth-order valence-electron chi connectivity index (χ4n) is 3.25. The van der Waals surface area contributed by atoms with Gasteiger partial charge in [-0.25, -0.2) is 9.97 Å². The van der Waals surface area contributed by atoms with Gasteiger partial charge in [-0.1, -0.05) is 43.9 Å². The average Bonchev–Trinajstić information content (AvgIpc) is 2.95. The first kappa shape index (κ1) is 18.2. The standard InChI is InChI=1S/C20H26N4O2/c1-26-18-11-7-6-8-15(18)12-22-19-14-21-17(13-23-19)20(25)24-16-9-4-2-3-5-10-16/h6-8,11,13-14,16H,2-5,9-10,12H2,1H3,(H,22,23)(H,24,25). The van der Waals surface area contributed by atoms with Gasteiger partial charge >= 0.3 is 0 Å². The Morgan fingerprint density at radius 2 is 1.88 bits per heavy atom. The van der Waals surface area contributed by atoms with Crippen LogP contribution < -0.4 is 15.4 Å². The first-order valence-corrected chi connectivity index (χ1v) is 9.25. The van der Waals surface area contributed by atoms with Crippen molar-refractivity contribution in [1.82, 2.24) is 15.3 Å². The number of carbonyl (C=O) groups is 1. The number of carbonyl (C=O) groups excluding carboxylic acids is 1. The van der Waals surface area contributed by atoms with Gasteiger partial charge in [0.05, 0.1) is 19.5 Å². The summed E-state index contributed by atoms with van der Waals surface area (Å²) in [6, 6.07) is 8.07. The van der Waals surface area contributed by atoms with Crippen molar-refractivity contribution in [2.75, 3.05) is 12.4 Å². The number of anilines is 1. The van der Waals surface area contributed by atoms with Crippen LogP contribution in [-0.4, -0.2) is 29.0 Å². The summed E-state index contributed by atoms with van der Waals surface area (Å²) in [7, 11) is 1.65. The van der Waals surface area contributed by atoms with E-state index in [0.717, 1.165) is 24.2 Å². The quantitative estimate of drug-likeness (QED) is 0.776. The van der Waals surface area contributed by atoms with Crippen molar-refractivity contribution in [3.05, 3.63) is 47.9 Å². The van der Waals surface area contributed by atoms with Gasteiger partial charge in [-0.2, -0.15) is 0 Å². The number of nitrogens with zero attached hydrogens (tertiary/aromatic N) is 2. The van der Waals surface area contributed by atoms with E-state index in [4.69, 9.17) is 4.74 Å². The molecule has 1 aliphatic rings. The van der Waals surface area contributed by atoms with E-state index in [1.54, 1.807) is 13.3 Å². The van der Waals surface area contributed by atoms with E-state index in [1.165, 1.54) is 31.9 Å². The number of rotatable bonds is 6. The molecule has 0 saturated heterocycles. The predicted molar refractivity (Wildman–Crippen MR) is 101 cm³/mol. The molecule has 6 heteroatoms. The molecule has 1 fully saturated rings. The minimum absolute atomic E-state index is 0.138. The molecule has 1 saturated carbocycles. The van der Waals surface area contributed by atoms with Gasteiger partial charge in [-0.05, 0) is 18.9 Å². The second-order valence-electron chi connectivity index (χ2n) is 6.61. The van der Waals surface area contributed by atoms with Crippen molar-refractivity contribution in [2.45, 2.75) is 51.1 Å². The van der Waals surface area contributed by atoms with Crippen molar-refractivity contribution < 1.29 is 9.53 Å². The monoisotopic (exact) mass is 354 g/mol. The number of methoxy groups -OCH3 is 1. The maximum Gasteiger partial charge on any atom is 0.271 e. The summed E-state index contributed by atoms with van der Waals surface area (Å²) in [5.74, 6) is 1.31. The van der Waals surface area contributed by atoms with E-state index >= 15 is 0 Å². The molecular formula is C20H26N4O2. The molecule has 1 aromatic heterocycles. The van der Waals surface area contributed by atoms with Crippen LogP contribution in [0.2, 0.25) is 0 Å². The minimum atomic E-state index is -0.138. The number of hydrogen-bond acceptors (Lipinski definition) is 5. The SMILES string of the molecule is COc1ccccc1CNc1cnc(C(=O)NC2CCCCCC2)cn1. The summed E-state index contributed by atoms with van der Waals surface area (Å²) >= 11 is 0. The van der Waals surface area contributed by atoms with Gasteiger partial charge in [0, 0.05) is 18.2 Å². The fraction of sp³-hybridized carbons (Fsp3) is 0.450. The fourth-order valence-corrected chi connectivity index (χ4v) is 3.25. The molecule has 0 aliphatic heterocycles. The van der Waals surface area contributed by atoms with E-state index in [1.807, 2.05) is 24.3 Å². The zero-order valence-corrected chi connectivity index (χ0v) is 15.2. The second-order valence-corrected chi connectivity index (χ2v) is 6.61. The number of amides is 1. The second kappa shape index (κ2) is 9.17. The maximum absolute atomic E-state index is 12.3. The molecule has 1 aliphatic carbocycles. The van der Waals surface area contributed by atoms with Gasteiger partial charge in [-0.3, -0.25) is 4.79 Å². The molecule has 1 aromatic carbocycles. The topological polar surface area (TPSA) is 76.1 Å². The van der Waals surface area contributed by atoms with Crippen LogP contribution >= 0.6 is 0 Å². The molecule has 2 N–H and O–H groups in total. The van der Waals surface area contributed by atoms with Crippen LogP contribution in [0.4, 0.5) is 5.82 Å². The summed E-state index contributed by atoms with van der Waals surface area (Å²) in [6.07, 6.45) is 10.1. The Kier molecular flexibility index (Phi) is 6.41. The minimum Gasteiger partial charge on any atom is -0.496 e. The Labute approximate surface area is 154 Å². The Balaban J connectivity index is 1.55. The van der Waals surface area contributed by atoms with Crippen LogP contribution in [0.5, 0.6) is 5.75 Å². The summed E-state index contributed by atoms with van der Waals surface area (Å²) < 4.78 is 5.34. The molecule has 138 valence electrons. The summed E-state index contributed by atoms with van der Waals surface area (Å²) in [6.45, 7) is 0.576. The first-order chi connectivity index (χ1) is 12.8. The molecule has 1 heterocycles. The molecule has 26 heavy (non-hydrogen) atoms. The lowest BCUT2D eigenvalue weighted by Crippen LogP contribution is -2.34. The van der Waals surface area contributed by atoms with Crippen molar-refractivity contribution in [1.29, 1.82) is 0 Å². The third-order valence-electron chi connectivity index (χ3n) is 4.73. The van der Waals surface area contributed by atoms with Crippen LogP contribution in [0.3, 0.4) is 0 Å². The lowest BCUT2D eigenvalue weighted by molar-refractivity contribution is 0.0928. The van der Waals surface area contributed by atoms with E-state index in [9.17, 15) is 4.79 Å². The van der Waals surface area contributed by atoms with Crippen molar-refractivity contribution >= 4 is 11.7 Å². The molecule has 3 rings (SSSR count). The number of benzene rings is 1. The molecule has 1 amide bonds. The number of para-hydroxylation sites is 1. The highest BCUT2D eigenvalue weighted by Crippen LogP contribution is 2.19. The Morgan fingerprint density at radius 3 is 2.58 bits per heavy atom. The normalized spacial score (nSPS) is 15.1. The lowest BCUT2D eigenvalue weighted by Gasteiger charge is -2.15. The summed E-state index contributed by atoms with van der Waals surface area (Å²) in [4.78, 5) is 20.9. The number of hydrogen-bond donors (Lipinski definition) is 2. The molecule has 0 spiro atoms. The molecule has 0 bridgehead atoms. The Morgan fingerprint density at radius 1 is 1.12 bits per heavy atom. The van der Waals surface area contributed by atoms with E-state index < -0.39 is 0 Å². The van der Waals surface area contributed by atoms with Gasteiger partial charge in [0.15, 0.2) is 0 Å². The Bertz CT molecular complexity index is 710. The van der Waals surface area contributed by atoms with Crippen molar-refractivity contribution in [3.8, 4) is 5.75 Å². The molecular weight excluding hydrogens is 328 g/mol. The highest BCUT2D eigenvalue weighted by atomic mass is 16.5. The van der Waals surface area contributed by atoms with E-state index in [2.05, 4.69) is 20.6 Å². The van der Waals surface area contributed by atoms with Crippen molar-refractivity contribution in [3.63, 3.8) is 0 Å². The van der Waals surface area contributed by atoms with Crippen LogP contribution in [-0.2, 0) is 6.54 Å². The van der Waals surface area contributed by atoms with Crippen LogP contribution in [0.1, 0.15) is 54.6 Å². The number of nitrogens with one attached hydrogen (secondary N) is 2. The van der Waals surface area contributed by atoms with Gasteiger partial charge in [0.2, 0.25) is 0 Å². The zero-order valence-electron chi connectivity index (χ0n) is 15.2. The Hall–Kier alpha value is -2.63. The van der Waals surface area contributed by atoms with Crippen LogP contribution in [0.25, 0.3) is 0 Å². The van der Waals surface area contributed by atoms with Gasteiger partial charge in [-0.15, -0.1) is 0 Å². The molecule has 0 atom stereocenters. The molecule has 0 radical (unpaired) electrons. The van der Waals surface area contributed by atoms with Gasteiger partial charge in [0.1, 0.15) is 17.3 Å². The number of ether oxygens (including phenoxy) is 1. The van der Waals surface area contributed by atoms with Gasteiger partial charge in [0.25, 0.3) is 5.91 Å². The molecule has 6 nitrogen and oxygen atoms in total. The van der Waals surface area contributed by atoms with E-state index in [-0.39, 0.29) is 11.9 Å². The van der Waals surface area contributed by atoms with Gasteiger partial charge < -0.3 is 15.4 Å². The highest BCUT2D eigenvalue weighted by molar-refractivity contribution is 5.92. The van der Waals surface area contributed by atoms with Crippen LogP contribution in [0.15, 0.2) is 36.7 Å². The van der Waals surface area contributed by atoms with Crippen molar-refractivity contribution in [2.24, 2.45) is 0 Å². The smallest absolute Gasteiger partial charge is 0.271 e. The zero-order chi connectivity index (χ0) is 18.2. The number of aromatic nitrogens is 2. The maximum atomic E-state index is 12.3. The molecule has 2 aromatic rings. The largest absolute Gasteiger partial charge is 0.496 e. The lowest BCUT2D eigenvalue weighted by atomic mass is 10.1. The summed E-state index contributed by atoms with van der Waals surface area (Å²) in [5, 5.41) is 6.30. The summed E-state index contributed by atoms with van der Waals surface area (Å²) in [5.41, 5.74) is 1.39.